The lowest BCUT2D eigenvalue weighted by Gasteiger charge is -2.20. The molecule has 8 heteroatoms. The minimum Gasteiger partial charge on any atom is -0.283 e. The van der Waals surface area contributed by atoms with Crippen LogP contribution in [0.5, 0.6) is 0 Å². The molecule has 30 heavy (non-hydrogen) atoms. The maximum absolute atomic E-state index is 14.2. The van der Waals surface area contributed by atoms with Gasteiger partial charge in [0, 0.05) is 23.4 Å². The average Bonchev–Trinajstić information content (AvgIpc) is 3.17. The number of thioether (sulfide) groups is 1. The fraction of sp³-hybridized carbons (Fsp3) is 0.136. The molecule has 0 saturated heterocycles. The number of carbonyl (C=O) groups is 1. The summed E-state index contributed by atoms with van der Waals surface area (Å²) >= 11 is 2.72. The first-order valence-electron chi connectivity index (χ1n) is 9.11. The zero-order valence-corrected chi connectivity index (χ0v) is 17.6. The summed E-state index contributed by atoms with van der Waals surface area (Å²) in [5.74, 6) is -1.59. The molecule has 0 atom stereocenters. The number of fused-ring (bicyclic) bond motifs is 1. The third kappa shape index (κ3) is 4.49. The van der Waals surface area contributed by atoms with Crippen LogP contribution in [-0.4, -0.2) is 22.1 Å². The van der Waals surface area contributed by atoms with Crippen molar-refractivity contribution >= 4 is 44.4 Å². The fourth-order valence-corrected chi connectivity index (χ4v) is 4.44. The lowest BCUT2D eigenvalue weighted by molar-refractivity contribution is -0.118. The molecule has 0 radical (unpaired) electrons. The standard InChI is InChI=1S/C22H17F2N3OS2/c1-29-17-4-2-14(3-5-17)10-20(28)27(13-15-6-8-25-9-7-15)22-26-21-18(24)11-16(23)12-19(21)30-22/h2-9,11-12H,10,13H2,1H3. The van der Waals surface area contributed by atoms with E-state index in [-0.39, 0.29) is 24.4 Å². The molecule has 1 amide bonds. The highest BCUT2D eigenvalue weighted by molar-refractivity contribution is 7.98. The summed E-state index contributed by atoms with van der Waals surface area (Å²) in [5, 5.41) is 0.331. The van der Waals surface area contributed by atoms with Gasteiger partial charge in [0.1, 0.15) is 11.3 Å². The summed E-state index contributed by atoms with van der Waals surface area (Å²) in [6, 6.07) is 13.4. The quantitative estimate of drug-likeness (QED) is 0.373. The first kappa shape index (κ1) is 20.4. The summed E-state index contributed by atoms with van der Waals surface area (Å²) in [7, 11) is 0. The van der Waals surface area contributed by atoms with Gasteiger partial charge in [-0.1, -0.05) is 23.5 Å². The van der Waals surface area contributed by atoms with Gasteiger partial charge in [0.05, 0.1) is 17.7 Å². The van der Waals surface area contributed by atoms with Crippen molar-refractivity contribution in [1.29, 1.82) is 0 Å². The van der Waals surface area contributed by atoms with E-state index in [1.165, 1.54) is 11.0 Å². The molecule has 0 N–H and O–H groups in total. The first-order chi connectivity index (χ1) is 14.5. The van der Waals surface area contributed by atoms with Crippen molar-refractivity contribution in [2.75, 3.05) is 11.2 Å². The highest BCUT2D eigenvalue weighted by Crippen LogP contribution is 2.32. The number of hydrogen-bond donors (Lipinski definition) is 0. The molecule has 2 heterocycles. The summed E-state index contributed by atoms with van der Waals surface area (Å²) in [6.07, 6.45) is 5.46. The number of anilines is 1. The van der Waals surface area contributed by atoms with E-state index in [0.29, 0.717) is 9.83 Å². The Bertz CT molecular complexity index is 1180. The third-order valence-electron chi connectivity index (χ3n) is 4.54. The molecule has 0 aliphatic carbocycles. The van der Waals surface area contributed by atoms with Gasteiger partial charge in [0.15, 0.2) is 10.9 Å². The Balaban J connectivity index is 1.68. The Hall–Kier alpha value is -2.84. The second-order valence-electron chi connectivity index (χ2n) is 6.59. The Morgan fingerprint density at radius 1 is 1.07 bits per heavy atom. The maximum Gasteiger partial charge on any atom is 0.233 e. The minimum absolute atomic E-state index is 0.0632. The Morgan fingerprint density at radius 3 is 2.50 bits per heavy atom. The number of benzene rings is 2. The molecule has 0 bridgehead atoms. The van der Waals surface area contributed by atoms with Crippen LogP contribution in [0.1, 0.15) is 11.1 Å². The van der Waals surface area contributed by atoms with Gasteiger partial charge in [-0.15, -0.1) is 11.8 Å². The topological polar surface area (TPSA) is 46.1 Å². The third-order valence-corrected chi connectivity index (χ3v) is 6.31. The van der Waals surface area contributed by atoms with Gasteiger partial charge in [0.25, 0.3) is 0 Å². The van der Waals surface area contributed by atoms with E-state index in [1.807, 2.05) is 30.5 Å². The smallest absolute Gasteiger partial charge is 0.233 e. The SMILES string of the molecule is CSc1ccc(CC(=O)N(Cc2ccncc2)c2nc3c(F)cc(F)cc3s2)cc1. The highest BCUT2D eigenvalue weighted by Gasteiger charge is 2.22. The molecule has 4 rings (SSSR count). The van der Waals surface area contributed by atoms with E-state index in [0.717, 1.165) is 33.4 Å². The zero-order chi connectivity index (χ0) is 21.1. The number of rotatable bonds is 6. The van der Waals surface area contributed by atoms with Crippen LogP contribution in [0.25, 0.3) is 10.2 Å². The molecular formula is C22H17F2N3OS2. The lowest BCUT2D eigenvalue weighted by Crippen LogP contribution is -2.31. The highest BCUT2D eigenvalue weighted by atomic mass is 32.2. The van der Waals surface area contributed by atoms with Crippen LogP contribution in [0, 0.1) is 11.6 Å². The summed E-state index contributed by atoms with van der Waals surface area (Å²) in [6.45, 7) is 0.258. The van der Waals surface area contributed by atoms with Crippen molar-refractivity contribution in [3.63, 3.8) is 0 Å². The molecule has 0 unspecified atom stereocenters. The predicted octanol–water partition coefficient (Wildman–Crippen LogP) is 5.47. The number of halogens is 2. The normalized spacial score (nSPS) is 11.0. The number of hydrogen-bond acceptors (Lipinski definition) is 5. The van der Waals surface area contributed by atoms with Gasteiger partial charge < -0.3 is 0 Å². The Kier molecular flexibility index (Phi) is 6.06. The van der Waals surface area contributed by atoms with E-state index in [4.69, 9.17) is 0 Å². The van der Waals surface area contributed by atoms with Crippen LogP contribution in [0.15, 0.2) is 65.8 Å². The number of pyridine rings is 1. The van der Waals surface area contributed by atoms with Crippen LogP contribution in [0.3, 0.4) is 0 Å². The van der Waals surface area contributed by atoms with Gasteiger partial charge >= 0.3 is 0 Å². The lowest BCUT2D eigenvalue weighted by atomic mass is 10.1. The van der Waals surface area contributed by atoms with Gasteiger partial charge in [-0.25, -0.2) is 13.8 Å². The van der Waals surface area contributed by atoms with Crippen molar-refractivity contribution < 1.29 is 13.6 Å². The number of thiazole rings is 1. The van der Waals surface area contributed by atoms with Crippen LogP contribution in [-0.2, 0) is 17.8 Å². The van der Waals surface area contributed by atoms with Crippen LogP contribution >= 0.6 is 23.1 Å². The average molecular weight is 442 g/mol. The zero-order valence-electron chi connectivity index (χ0n) is 16.0. The summed E-state index contributed by atoms with van der Waals surface area (Å²) < 4.78 is 28.1. The van der Waals surface area contributed by atoms with Crippen molar-refractivity contribution in [3.8, 4) is 0 Å². The van der Waals surface area contributed by atoms with E-state index in [9.17, 15) is 13.6 Å². The van der Waals surface area contributed by atoms with Crippen LogP contribution < -0.4 is 4.90 Å². The Morgan fingerprint density at radius 2 is 1.80 bits per heavy atom. The molecule has 2 aromatic heterocycles. The van der Waals surface area contributed by atoms with Crippen molar-refractivity contribution in [3.05, 3.63) is 83.7 Å². The molecule has 2 aromatic carbocycles. The summed E-state index contributed by atoms with van der Waals surface area (Å²) in [4.78, 5) is 24.1. The largest absolute Gasteiger partial charge is 0.283 e. The second kappa shape index (κ2) is 8.89. The van der Waals surface area contributed by atoms with E-state index < -0.39 is 11.6 Å². The molecule has 0 aliphatic heterocycles. The first-order valence-corrected chi connectivity index (χ1v) is 11.2. The number of amides is 1. The molecular weight excluding hydrogens is 424 g/mol. The molecule has 0 saturated carbocycles. The van der Waals surface area contributed by atoms with Crippen molar-refractivity contribution in [2.45, 2.75) is 17.9 Å². The van der Waals surface area contributed by atoms with Gasteiger partial charge in [0.2, 0.25) is 5.91 Å². The second-order valence-corrected chi connectivity index (χ2v) is 8.48. The maximum atomic E-state index is 14.2. The van der Waals surface area contributed by atoms with Gasteiger partial charge in [-0.05, 0) is 47.7 Å². The Labute approximate surface area is 180 Å². The van der Waals surface area contributed by atoms with Crippen LogP contribution in [0.4, 0.5) is 13.9 Å². The van der Waals surface area contributed by atoms with Crippen molar-refractivity contribution in [2.24, 2.45) is 0 Å². The van der Waals surface area contributed by atoms with E-state index >= 15 is 0 Å². The number of nitrogens with zero attached hydrogens (tertiary/aromatic N) is 3. The predicted molar refractivity (Wildman–Crippen MR) is 117 cm³/mol. The number of carbonyl (C=O) groups excluding carboxylic acids is 1. The molecule has 0 fully saturated rings. The van der Waals surface area contributed by atoms with Crippen molar-refractivity contribution in [1.82, 2.24) is 9.97 Å². The molecule has 0 aliphatic rings. The molecule has 152 valence electrons. The van der Waals surface area contributed by atoms with E-state index in [1.54, 1.807) is 36.3 Å². The molecule has 4 nitrogen and oxygen atoms in total. The fourth-order valence-electron chi connectivity index (χ4n) is 3.01. The van der Waals surface area contributed by atoms with E-state index in [2.05, 4.69) is 9.97 Å². The van der Waals surface area contributed by atoms with Crippen LogP contribution in [0.2, 0.25) is 0 Å². The summed E-state index contributed by atoms with van der Waals surface area (Å²) in [5.41, 5.74) is 1.80. The monoisotopic (exact) mass is 441 g/mol. The molecule has 0 spiro atoms. The molecule has 4 aromatic rings. The number of aromatic nitrogens is 2. The van der Waals surface area contributed by atoms with Gasteiger partial charge in [-0.2, -0.15) is 0 Å². The minimum atomic E-state index is -0.739. The van der Waals surface area contributed by atoms with Gasteiger partial charge in [-0.3, -0.25) is 14.7 Å².